The number of aliphatic imine (C=N–C) groups is 1. The van der Waals surface area contributed by atoms with Crippen LogP contribution in [0.25, 0.3) is 0 Å². The first-order valence-electron chi connectivity index (χ1n) is 4.39. The van der Waals surface area contributed by atoms with Crippen molar-refractivity contribution < 1.29 is 0 Å². The molecule has 0 aromatic carbocycles. The van der Waals surface area contributed by atoms with Gasteiger partial charge in [-0.25, -0.2) is 0 Å². The minimum atomic E-state index is 0.831. The third kappa shape index (κ3) is 1.92. The normalized spacial score (nSPS) is 33.2. The standard InChI is InChI=1S/C10H17N/c1-4-9-6-5-8(2)7-10(9)11-3/h4,8H,5-7H2,1-3H3/b9-4-,11-10-. The molecule has 1 heteroatoms. The Balaban J connectivity index is 2.72. The van der Waals surface area contributed by atoms with E-state index < -0.39 is 0 Å². The van der Waals surface area contributed by atoms with Gasteiger partial charge in [0.15, 0.2) is 0 Å². The van der Waals surface area contributed by atoms with Crippen molar-refractivity contribution >= 4 is 5.71 Å². The molecule has 1 unspecified atom stereocenters. The number of hydrogen-bond donors (Lipinski definition) is 0. The summed E-state index contributed by atoms with van der Waals surface area (Å²) in [6.45, 7) is 4.41. The average molecular weight is 151 g/mol. The zero-order chi connectivity index (χ0) is 8.27. The second-order valence-corrected chi connectivity index (χ2v) is 3.33. The summed E-state index contributed by atoms with van der Waals surface area (Å²) < 4.78 is 0. The highest BCUT2D eigenvalue weighted by atomic mass is 14.7. The van der Waals surface area contributed by atoms with Crippen molar-refractivity contribution in [1.82, 2.24) is 0 Å². The Morgan fingerprint density at radius 3 is 2.82 bits per heavy atom. The van der Waals surface area contributed by atoms with Crippen LogP contribution in [-0.4, -0.2) is 12.8 Å². The third-order valence-electron chi connectivity index (χ3n) is 2.44. The molecule has 0 aliphatic heterocycles. The van der Waals surface area contributed by atoms with E-state index >= 15 is 0 Å². The second kappa shape index (κ2) is 3.70. The number of hydrogen-bond acceptors (Lipinski definition) is 1. The molecule has 1 saturated carbocycles. The molecule has 1 aliphatic carbocycles. The SMILES string of the molecule is C/C=C1/CCC(C)C/C1=N/C. The van der Waals surface area contributed by atoms with Gasteiger partial charge in [0.25, 0.3) is 0 Å². The molecule has 0 aromatic heterocycles. The van der Waals surface area contributed by atoms with E-state index in [1.165, 1.54) is 30.5 Å². The Kier molecular flexibility index (Phi) is 2.86. The van der Waals surface area contributed by atoms with Crippen LogP contribution in [0.5, 0.6) is 0 Å². The van der Waals surface area contributed by atoms with E-state index in [-0.39, 0.29) is 0 Å². The summed E-state index contributed by atoms with van der Waals surface area (Å²) in [5.41, 5.74) is 2.79. The van der Waals surface area contributed by atoms with Crippen LogP contribution in [0.4, 0.5) is 0 Å². The van der Waals surface area contributed by atoms with Gasteiger partial charge in [-0.2, -0.15) is 0 Å². The van der Waals surface area contributed by atoms with Crippen molar-refractivity contribution in [3.8, 4) is 0 Å². The van der Waals surface area contributed by atoms with Crippen LogP contribution in [0.2, 0.25) is 0 Å². The lowest BCUT2D eigenvalue weighted by atomic mass is 9.85. The minimum Gasteiger partial charge on any atom is -0.293 e. The Labute approximate surface area is 69.2 Å². The second-order valence-electron chi connectivity index (χ2n) is 3.33. The van der Waals surface area contributed by atoms with E-state index in [0.29, 0.717) is 0 Å². The zero-order valence-corrected chi connectivity index (χ0v) is 7.72. The number of allylic oxidation sites excluding steroid dienone is 2. The minimum absolute atomic E-state index is 0.831. The number of rotatable bonds is 0. The summed E-state index contributed by atoms with van der Waals surface area (Å²) in [6.07, 6.45) is 5.94. The van der Waals surface area contributed by atoms with E-state index in [0.717, 1.165) is 5.92 Å². The Hall–Kier alpha value is -0.590. The summed E-state index contributed by atoms with van der Waals surface area (Å²) in [6, 6.07) is 0. The van der Waals surface area contributed by atoms with Crippen LogP contribution in [0.3, 0.4) is 0 Å². The summed E-state index contributed by atoms with van der Waals surface area (Å²) in [7, 11) is 1.90. The van der Waals surface area contributed by atoms with Gasteiger partial charge in [0, 0.05) is 12.8 Å². The fraction of sp³-hybridized carbons (Fsp3) is 0.700. The molecule has 62 valence electrons. The van der Waals surface area contributed by atoms with Gasteiger partial charge in [0.1, 0.15) is 0 Å². The van der Waals surface area contributed by atoms with E-state index in [2.05, 4.69) is 24.9 Å². The molecule has 1 atom stereocenters. The summed E-state index contributed by atoms with van der Waals surface area (Å²) in [4.78, 5) is 4.30. The summed E-state index contributed by atoms with van der Waals surface area (Å²) in [5.74, 6) is 0.831. The molecule has 1 aliphatic rings. The highest BCUT2D eigenvalue weighted by Crippen LogP contribution is 2.25. The molecule has 1 fully saturated rings. The van der Waals surface area contributed by atoms with Crippen LogP contribution in [0, 0.1) is 5.92 Å². The van der Waals surface area contributed by atoms with Crippen molar-refractivity contribution in [2.24, 2.45) is 10.9 Å². The number of nitrogens with zero attached hydrogens (tertiary/aromatic N) is 1. The lowest BCUT2D eigenvalue weighted by molar-refractivity contribution is 0.534. The molecule has 0 bridgehead atoms. The van der Waals surface area contributed by atoms with Gasteiger partial charge in [-0.1, -0.05) is 13.0 Å². The van der Waals surface area contributed by atoms with Crippen LogP contribution in [-0.2, 0) is 0 Å². The van der Waals surface area contributed by atoms with Gasteiger partial charge >= 0.3 is 0 Å². The lowest BCUT2D eigenvalue weighted by Gasteiger charge is -2.21. The quantitative estimate of drug-likeness (QED) is 0.505. The van der Waals surface area contributed by atoms with Gasteiger partial charge in [0.05, 0.1) is 0 Å². The van der Waals surface area contributed by atoms with Crippen molar-refractivity contribution in [3.05, 3.63) is 11.6 Å². The fourth-order valence-electron chi connectivity index (χ4n) is 1.66. The maximum atomic E-state index is 4.30. The van der Waals surface area contributed by atoms with E-state index in [9.17, 15) is 0 Å². The zero-order valence-electron chi connectivity index (χ0n) is 7.72. The molecule has 0 radical (unpaired) electrons. The summed E-state index contributed by atoms with van der Waals surface area (Å²) in [5, 5.41) is 0. The van der Waals surface area contributed by atoms with Crippen LogP contribution in [0.1, 0.15) is 33.1 Å². The Bertz CT molecular complexity index is 189. The van der Waals surface area contributed by atoms with E-state index in [1.807, 2.05) is 7.05 Å². The van der Waals surface area contributed by atoms with Crippen molar-refractivity contribution in [2.75, 3.05) is 7.05 Å². The van der Waals surface area contributed by atoms with Crippen LogP contribution < -0.4 is 0 Å². The smallest absolute Gasteiger partial charge is 0.0376 e. The molecule has 0 N–H and O–H groups in total. The molecule has 0 amide bonds. The van der Waals surface area contributed by atoms with Gasteiger partial charge < -0.3 is 0 Å². The highest BCUT2D eigenvalue weighted by molar-refractivity contribution is 6.00. The third-order valence-corrected chi connectivity index (χ3v) is 2.44. The first-order valence-corrected chi connectivity index (χ1v) is 4.39. The molecule has 0 heterocycles. The Morgan fingerprint density at radius 1 is 1.55 bits per heavy atom. The lowest BCUT2D eigenvalue weighted by Crippen LogP contribution is -2.15. The van der Waals surface area contributed by atoms with Crippen LogP contribution in [0.15, 0.2) is 16.6 Å². The van der Waals surface area contributed by atoms with Gasteiger partial charge in [-0.3, -0.25) is 4.99 Å². The first kappa shape index (κ1) is 8.51. The summed E-state index contributed by atoms with van der Waals surface area (Å²) >= 11 is 0. The predicted octanol–water partition coefficient (Wildman–Crippen LogP) is 2.82. The molecule has 11 heavy (non-hydrogen) atoms. The van der Waals surface area contributed by atoms with Crippen molar-refractivity contribution in [1.29, 1.82) is 0 Å². The molecule has 0 aromatic rings. The molecular formula is C10H17N. The first-order chi connectivity index (χ1) is 5.27. The topological polar surface area (TPSA) is 12.4 Å². The van der Waals surface area contributed by atoms with E-state index in [1.54, 1.807) is 0 Å². The predicted molar refractivity (Wildman–Crippen MR) is 50.1 cm³/mol. The average Bonchev–Trinajstić information content (AvgIpc) is 2.04. The largest absolute Gasteiger partial charge is 0.293 e. The molecule has 1 rings (SSSR count). The molecule has 1 nitrogen and oxygen atoms in total. The maximum absolute atomic E-state index is 4.30. The fourth-order valence-corrected chi connectivity index (χ4v) is 1.66. The van der Waals surface area contributed by atoms with Crippen molar-refractivity contribution in [3.63, 3.8) is 0 Å². The van der Waals surface area contributed by atoms with Gasteiger partial charge in [-0.15, -0.1) is 0 Å². The maximum Gasteiger partial charge on any atom is 0.0376 e. The monoisotopic (exact) mass is 151 g/mol. The van der Waals surface area contributed by atoms with Crippen molar-refractivity contribution in [2.45, 2.75) is 33.1 Å². The Morgan fingerprint density at radius 2 is 2.27 bits per heavy atom. The van der Waals surface area contributed by atoms with E-state index in [4.69, 9.17) is 0 Å². The van der Waals surface area contributed by atoms with Gasteiger partial charge in [-0.05, 0) is 37.7 Å². The molecule has 0 spiro atoms. The van der Waals surface area contributed by atoms with Crippen LogP contribution >= 0.6 is 0 Å². The molecular weight excluding hydrogens is 134 g/mol. The van der Waals surface area contributed by atoms with Gasteiger partial charge in [0.2, 0.25) is 0 Å². The molecule has 0 saturated heterocycles. The highest BCUT2D eigenvalue weighted by Gasteiger charge is 2.16.